The molecule has 2 aromatic carbocycles. The number of carbonyl (C=O) groups excluding carboxylic acids is 1. The number of nitrogens with zero attached hydrogens (tertiary/aromatic N) is 3. The Hall–Kier alpha value is -2.37. The molecule has 0 aromatic heterocycles. The Morgan fingerprint density at radius 1 is 0.879 bits per heavy atom. The second-order valence-corrected chi connectivity index (χ2v) is 9.80. The first-order valence-electron chi connectivity index (χ1n) is 12.7. The number of anilines is 1. The lowest BCUT2D eigenvalue weighted by molar-refractivity contribution is 0.0903. The molecule has 0 aliphatic carbocycles. The predicted molar refractivity (Wildman–Crippen MR) is 138 cm³/mol. The molecule has 2 aliphatic rings. The van der Waals surface area contributed by atoms with E-state index in [0.29, 0.717) is 0 Å². The number of benzene rings is 2. The third-order valence-corrected chi connectivity index (χ3v) is 7.26. The summed E-state index contributed by atoms with van der Waals surface area (Å²) in [4.78, 5) is 19.9. The van der Waals surface area contributed by atoms with Crippen molar-refractivity contribution in [3.05, 3.63) is 54.1 Å². The highest BCUT2D eigenvalue weighted by Gasteiger charge is 2.25. The fourth-order valence-corrected chi connectivity index (χ4v) is 5.16. The molecule has 0 spiro atoms. The van der Waals surface area contributed by atoms with Crippen LogP contribution in [0, 0.1) is 0 Å². The van der Waals surface area contributed by atoms with Gasteiger partial charge in [-0.15, -0.1) is 0 Å². The minimum absolute atomic E-state index is 0.0216. The number of hydrogen-bond acceptors (Lipinski definition) is 4. The summed E-state index contributed by atoms with van der Waals surface area (Å²) in [5.41, 5.74) is 4.20. The standard InChI is InChI=1S/C28H40N4O/c1-30(2)26-13-11-24(12-14-26)23-7-9-25(10-8-23)28(33)29-17-6-18-31-21-15-27(16-22-31)32-19-4-3-5-20-32/h7-14,27H,3-6,15-22H2,1-2H3,(H,29,33). The smallest absolute Gasteiger partial charge is 0.251 e. The van der Waals surface area contributed by atoms with Gasteiger partial charge in [-0.2, -0.15) is 0 Å². The van der Waals surface area contributed by atoms with Gasteiger partial charge >= 0.3 is 0 Å². The van der Waals surface area contributed by atoms with Crippen LogP contribution in [0.1, 0.15) is 48.9 Å². The number of rotatable bonds is 8. The third-order valence-electron chi connectivity index (χ3n) is 7.26. The molecule has 0 atom stereocenters. The first kappa shape index (κ1) is 23.8. The summed E-state index contributed by atoms with van der Waals surface area (Å²) in [6.45, 7) is 6.83. The summed E-state index contributed by atoms with van der Waals surface area (Å²) >= 11 is 0. The number of nitrogens with one attached hydrogen (secondary N) is 1. The maximum Gasteiger partial charge on any atom is 0.251 e. The highest BCUT2D eigenvalue weighted by Crippen LogP contribution is 2.23. The molecule has 4 rings (SSSR count). The molecule has 5 nitrogen and oxygen atoms in total. The predicted octanol–water partition coefficient (Wildman–Crippen LogP) is 4.49. The zero-order chi connectivity index (χ0) is 23.0. The van der Waals surface area contributed by atoms with Crippen LogP contribution in [-0.4, -0.2) is 75.1 Å². The molecule has 33 heavy (non-hydrogen) atoms. The molecule has 2 saturated heterocycles. The van der Waals surface area contributed by atoms with Gasteiger partial charge in [0, 0.05) is 37.9 Å². The van der Waals surface area contributed by atoms with Crippen molar-refractivity contribution in [1.29, 1.82) is 0 Å². The first-order valence-corrected chi connectivity index (χ1v) is 12.7. The Bertz CT molecular complexity index is 864. The molecule has 2 heterocycles. The normalized spacial score (nSPS) is 18.2. The number of amides is 1. The first-order chi connectivity index (χ1) is 16.1. The van der Waals surface area contributed by atoms with E-state index in [4.69, 9.17) is 0 Å². The molecule has 1 amide bonds. The van der Waals surface area contributed by atoms with Crippen LogP contribution in [0.15, 0.2) is 48.5 Å². The minimum Gasteiger partial charge on any atom is -0.378 e. The molecule has 2 aliphatic heterocycles. The Kier molecular flexibility index (Phi) is 8.40. The van der Waals surface area contributed by atoms with Gasteiger partial charge in [0.15, 0.2) is 0 Å². The summed E-state index contributed by atoms with van der Waals surface area (Å²) in [5.74, 6) is 0.0216. The third kappa shape index (κ3) is 6.58. The van der Waals surface area contributed by atoms with Crippen molar-refractivity contribution in [2.75, 3.05) is 58.3 Å². The number of piperidine rings is 2. The van der Waals surface area contributed by atoms with E-state index >= 15 is 0 Å². The van der Waals surface area contributed by atoms with E-state index in [1.165, 1.54) is 64.0 Å². The van der Waals surface area contributed by atoms with Crippen LogP contribution in [-0.2, 0) is 0 Å². The second-order valence-electron chi connectivity index (χ2n) is 9.80. The monoisotopic (exact) mass is 448 g/mol. The largest absolute Gasteiger partial charge is 0.378 e. The Balaban J connectivity index is 1.16. The van der Waals surface area contributed by atoms with Gasteiger partial charge in [-0.1, -0.05) is 30.7 Å². The molecule has 2 aromatic rings. The Labute approximate surface area is 199 Å². The van der Waals surface area contributed by atoms with Gasteiger partial charge in [-0.3, -0.25) is 4.79 Å². The van der Waals surface area contributed by atoms with Crippen molar-refractivity contribution in [3.8, 4) is 11.1 Å². The van der Waals surface area contributed by atoms with E-state index in [1.807, 2.05) is 38.4 Å². The van der Waals surface area contributed by atoms with Crippen LogP contribution in [0.25, 0.3) is 11.1 Å². The molecular formula is C28H40N4O. The summed E-state index contributed by atoms with van der Waals surface area (Å²) < 4.78 is 0. The molecular weight excluding hydrogens is 408 g/mol. The summed E-state index contributed by atoms with van der Waals surface area (Å²) in [6, 6.07) is 17.2. The summed E-state index contributed by atoms with van der Waals surface area (Å²) in [6.07, 6.45) is 7.79. The van der Waals surface area contributed by atoms with E-state index in [1.54, 1.807) is 0 Å². The van der Waals surface area contributed by atoms with Crippen LogP contribution in [0.4, 0.5) is 5.69 Å². The number of hydrogen-bond donors (Lipinski definition) is 1. The van der Waals surface area contributed by atoms with E-state index in [0.717, 1.165) is 42.2 Å². The van der Waals surface area contributed by atoms with Crippen molar-refractivity contribution < 1.29 is 4.79 Å². The lowest BCUT2D eigenvalue weighted by Gasteiger charge is -2.40. The van der Waals surface area contributed by atoms with Gasteiger partial charge in [0.25, 0.3) is 5.91 Å². The van der Waals surface area contributed by atoms with Crippen molar-refractivity contribution in [1.82, 2.24) is 15.1 Å². The zero-order valence-corrected chi connectivity index (χ0v) is 20.4. The van der Waals surface area contributed by atoms with Gasteiger partial charge in [0.1, 0.15) is 0 Å². The quantitative estimate of drug-likeness (QED) is 0.604. The fraction of sp³-hybridized carbons (Fsp3) is 0.536. The molecule has 0 unspecified atom stereocenters. The summed E-state index contributed by atoms with van der Waals surface area (Å²) in [5, 5.41) is 3.10. The summed E-state index contributed by atoms with van der Waals surface area (Å²) in [7, 11) is 4.08. The number of likely N-dealkylation sites (tertiary alicyclic amines) is 2. The number of carbonyl (C=O) groups is 1. The average Bonchev–Trinajstić information content (AvgIpc) is 2.87. The van der Waals surface area contributed by atoms with Crippen molar-refractivity contribution in [2.45, 2.75) is 44.6 Å². The minimum atomic E-state index is 0.0216. The van der Waals surface area contributed by atoms with Gasteiger partial charge in [0.2, 0.25) is 0 Å². The second kappa shape index (κ2) is 11.7. The van der Waals surface area contributed by atoms with Crippen LogP contribution in [0.5, 0.6) is 0 Å². The maximum atomic E-state index is 12.5. The molecule has 2 fully saturated rings. The van der Waals surface area contributed by atoms with Gasteiger partial charge < -0.3 is 20.0 Å². The lowest BCUT2D eigenvalue weighted by atomic mass is 10.00. The van der Waals surface area contributed by atoms with Gasteiger partial charge in [-0.25, -0.2) is 0 Å². The lowest BCUT2D eigenvalue weighted by Crippen LogP contribution is -2.47. The molecule has 0 saturated carbocycles. The van der Waals surface area contributed by atoms with Crippen molar-refractivity contribution in [2.24, 2.45) is 0 Å². The van der Waals surface area contributed by atoms with E-state index in [2.05, 4.69) is 44.3 Å². The zero-order valence-electron chi connectivity index (χ0n) is 20.4. The van der Waals surface area contributed by atoms with Crippen molar-refractivity contribution in [3.63, 3.8) is 0 Å². The fourth-order valence-electron chi connectivity index (χ4n) is 5.16. The van der Waals surface area contributed by atoms with Crippen LogP contribution in [0.3, 0.4) is 0 Å². The van der Waals surface area contributed by atoms with E-state index < -0.39 is 0 Å². The highest BCUT2D eigenvalue weighted by molar-refractivity contribution is 5.94. The molecule has 1 N–H and O–H groups in total. The average molecular weight is 449 g/mol. The van der Waals surface area contributed by atoms with E-state index in [-0.39, 0.29) is 5.91 Å². The highest BCUT2D eigenvalue weighted by atomic mass is 16.1. The molecule has 0 radical (unpaired) electrons. The van der Waals surface area contributed by atoms with Gasteiger partial charge in [-0.05, 0) is 100 Å². The molecule has 178 valence electrons. The van der Waals surface area contributed by atoms with Crippen LogP contribution < -0.4 is 10.2 Å². The van der Waals surface area contributed by atoms with Crippen molar-refractivity contribution >= 4 is 11.6 Å². The Morgan fingerprint density at radius 2 is 1.48 bits per heavy atom. The molecule has 5 heteroatoms. The molecule has 0 bridgehead atoms. The topological polar surface area (TPSA) is 38.8 Å². The van der Waals surface area contributed by atoms with Gasteiger partial charge in [0.05, 0.1) is 0 Å². The SMILES string of the molecule is CN(C)c1ccc(-c2ccc(C(=O)NCCCN3CCC(N4CCCCC4)CC3)cc2)cc1. The van der Waals surface area contributed by atoms with Crippen LogP contribution >= 0.6 is 0 Å². The van der Waals surface area contributed by atoms with E-state index in [9.17, 15) is 4.79 Å². The maximum absolute atomic E-state index is 12.5. The van der Waals surface area contributed by atoms with Crippen LogP contribution in [0.2, 0.25) is 0 Å². The Morgan fingerprint density at radius 3 is 2.09 bits per heavy atom.